The van der Waals surface area contributed by atoms with Crippen molar-refractivity contribution in [3.8, 4) is 0 Å². The second-order valence-corrected chi connectivity index (χ2v) is 6.15. The van der Waals surface area contributed by atoms with E-state index in [1.807, 2.05) is 0 Å². The Balaban J connectivity index is 2.26. The van der Waals surface area contributed by atoms with Crippen LogP contribution in [0.1, 0.15) is 40.7 Å². The fraction of sp³-hybridized carbons (Fsp3) is 0.667. The van der Waals surface area contributed by atoms with Crippen LogP contribution >= 0.6 is 11.3 Å². The minimum Gasteiger partial charge on any atom is -0.388 e. The number of aryl methyl sites for hydroxylation is 2. The van der Waals surface area contributed by atoms with Gasteiger partial charge in [-0.25, -0.2) is 0 Å². The maximum Gasteiger partial charge on any atom is 0.0868 e. The van der Waals surface area contributed by atoms with Gasteiger partial charge in [-0.2, -0.15) is 0 Å². The minimum atomic E-state index is -0.360. The lowest BCUT2D eigenvalue weighted by Gasteiger charge is -2.44. The molecule has 0 spiro atoms. The molecule has 1 atom stereocenters. The zero-order valence-corrected chi connectivity index (χ0v) is 10.2. The summed E-state index contributed by atoms with van der Waals surface area (Å²) in [5.41, 5.74) is 6.88. The summed E-state index contributed by atoms with van der Waals surface area (Å²) in [7, 11) is 0. The van der Waals surface area contributed by atoms with Gasteiger partial charge in [0, 0.05) is 21.7 Å². The maximum absolute atomic E-state index is 10.4. The van der Waals surface area contributed by atoms with Gasteiger partial charge in [0.05, 0.1) is 6.10 Å². The average molecular weight is 225 g/mol. The summed E-state index contributed by atoms with van der Waals surface area (Å²) in [5.74, 6) is 0. The molecule has 15 heavy (non-hydrogen) atoms. The standard InChI is InChI=1S/C12H19NOS/c1-8-6-10(9(2)15-8)11(14)12(7-13)4-3-5-12/h6,11,14H,3-5,7,13H2,1-2H3. The summed E-state index contributed by atoms with van der Waals surface area (Å²) in [6.45, 7) is 4.77. The van der Waals surface area contributed by atoms with Crippen LogP contribution in [0, 0.1) is 19.3 Å². The molecule has 3 heteroatoms. The van der Waals surface area contributed by atoms with Gasteiger partial charge >= 0.3 is 0 Å². The summed E-state index contributed by atoms with van der Waals surface area (Å²) in [6, 6.07) is 2.11. The third-order valence-electron chi connectivity index (χ3n) is 3.71. The van der Waals surface area contributed by atoms with Crippen molar-refractivity contribution in [2.75, 3.05) is 6.54 Å². The topological polar surface area (TPSA) is 46.2 Å². The number of hydrogen-bond acceptors (Lipinski definition) is 3. The zero-order chi connectivity index (χ0) is 11.1. The Morgan fingerprint density at radius 1 is 1.53 bits per heavy atom. The second-order valence-electron chi connectivity index (χ2n) is 4.69. The van der Waals surface area contributed by atoms with Crippen LogP contribution < -0.4 is 5.73 Å². The lowest BCUT2D eigenvalue weighted by atomic mass is 9.63. The molecule has 1 heterocycles. The average Bonchev–Trinajstić information content (AvgIpc) is 2.44. The van der Waals surface area contributed by atoms with Gasteiger partial charge < -0.3 is 10.8 Å². The number of thiophene rings is 1. The van der Waals surface area contributed by atoms with E-state index in [9.17, 15) is 5.11 Å². The lowest BCUT2D eigenvalue weighted by molar-refractivity contribution is -0.0297. The SMILES string of the molecule is Cc1cc(C(O)C2(CN)CCC2)c(C)s1. The molecule has 0 aliphatic heterocycles. The van der Waals surface area contributed by atoms with Gasteiger partial charge in [-0.15, -0.1) is 11.3 Å². The molecule has 0 amide bonds. The first-order valence-electron chi connectivity index (χ1n) is 5.54. The van der Waals surface area contributed by atoms with Crippen LogP contribution in [0.4, 0.5) is 0 Å². The molecule has 1 unspecified atom stereocenters. The number of nitrogens with two attached hydrogens (primary N) is 1. The highest BCUT2D eigenvalue weighted by atomic mass is 32.1. The van der Waals surface area contributed by atoms with Crippen molar-refractivity contribution in [1.82, 2.24) is 0 Å². The van der Waals surface area contributed by atoms with Crippen molar-refractivity contribution < 1.29 is 5.11 Å². The van der Waals surface area contributed by atoms with Crippen LogP contribution in [0.25, 0.3) is 0 Å². The molecule has 2 rings (SSSR count). The van der Waals surface area contributed by atoms with Gasteiger partial charge in [0.25, 0.3) is 0 Å². The van der Waals surface area contributed by atoms with Gasteiger partial charge in [-0.05, 0) is 38.3 Å². The largest absolute Gasteiger partial charge is 0.388 e. The predicted octanol–water partition coefficient (Wildman–Crippen LogP) is 2.53. The van der Waals surface area contributed by atoms with Crippen molar-refractivity contribution in [3.63, 3.8) is 0 Å². The molecule has 1 saturated carbocycles. The number of aliphatic hydroxyl groups is 1. The van der Waals surface area contributed by atoms with Gasteiger partial charge in [0.2, 0.25) is 0 Å². The monoisotopic (exact) mass is 225 g/mol. The first-order valence-corrected chi connectivity index (χ1v) is 6.36. The third-order valence-corrected chi connectivity index (χ3v) is 4.69. The third kappa shape index (κ3) is 1.73. The molecule has 1 aliphatic carbocycles. The first kappa shape index (κ1) is 11.1. The smallest absolute Gasteiger partial charge is 0.0868 e. The van der Waals surface area contributed by atoms with E-state index in [0.29, 0.717) is 6.54 Å². The lowest BCUT2D eigenvalue weighted by Crippen LogP contribution is -2.42. The van der Waals surface area contributed by atoms with Crippen LogP contribution in [-0.2, 0) is 0 Å². The highest BCUT2D eigenvalue weighted by molar-refractivity contribution is 7.12. The van der Waals surface area contributed by atoms with E-state index in [4.69, 9.17) is 5.73 Å². The fourth-order valence-electron chi connectivity index (χ4n) is 2.47. The normalized spacial score (nSPS) is 21.1. The van der Waals surface area contributed by atoms with Gasteiger partial charge in [0.1, 0.15) is 0 Å². The molecule has 0 aromatic carbocycles. The summed E-state index contributed by atoms with van der Waals surface area (Å²) < 4.78 is 0. The molecular formula is C12H19NOS. The Morgan fingerprint density at radius 3 is 2.53 bits per heavy atom. The Bertz CT molecular complexity index is 349. The molecule has 0 saturated heterocycles. The van der Waals surface area contributed by atoms with E-state index >= 15 is 0 Å². The van der Waals surface area contributed by atoms with Crippen molar-refractivity contribution >= 4 is 11.3 Å². The molecule has 2 nitrogen and oxygen atoms in total. The number of hydrogen-bond donors (Lipinski definition) is 2. The molecule has 84 valence electrons. The Labute approximate surface area is 95.1 Å². The van der Waals surface area contributed by atoms with E-state index in [2.05, 4.69) is 19.9 Å². The second kappa shape index (κ2) is 3.89. The van der Waals surface area contributed by atoms with Crippen molar-refractivity contribution in [2.24, 2.45) is 11.1 Å². The molecule has 0 bridgehead atoms. The van der Waals surface area contributed by atoms with Gasteiger partial charge in [-0.1, -0.05) is 6.42 Å². The van der Waals surface area contributed by atoms with Crippen molar-refractivity contribution in [2.45, 2.75) is 39.2 Å². The zero-order valence-electron chi connectivity index (χ0n) is 9.42. The molecule has 1 aromatic rings. The first-order chi connectivity index (χ1) is 7.09. The Hall–Kier alpha value is -0.380. The summed E-state index contributed by atoms with van der Waals surface area (Å²) in [5, 5.41) is 10.4. The highest BCUT2D eigenvalue weighted by Gasteiger charge is 2.43. The van der Waals surface area contributed by atoms with E-state index in [-0.39, 0.29) is 11.5 Å². The molecule has 1 aromatic heterocycles. The predicted molar refractivity (Wildman–Crippen MR) is 64.1 cm³/mol. The van der Waals surface area contributed by atoms with Crippen LogP contribution in [0.3, 0.4) is 0 Å². The number of aliphatic hydroxyl groups excluding tert-OH is 1. The van der Waals surface area contributed by atoms with Crippen LogP contribution in [0.2, 0.25) is 0 Å². The van der Waals surface area contributed by atoms with E-state index in [0.717, 1.165) is 18.4 Å². The van der Waals surface area contributed by atoms with Crippen LogP contribution in [0.5, 0.6) is 0 Å². The van der Waals surface area contributed by atoms with Gasteiger partial charge in [-0.3, -0.25) is 0 Å². The van der Waals surface area contributed by atoms with Crippen LogP contribution in [-0.4, -0.2) is 11.7 Å². The van der Waals surface area contributed by atoms with E-state index < -0.39 is 0 Å². The van der Waals surface area contributed by atoms with Crippen LogP contribution in [0.15, 0.2) is 6.07 Å². The summed E-state index contributed by atoms with van der Waals surface area (Å²) in [4.78, 5) is 2.51. The minimum absolute atomic E-state index is 0.0295. The maximum atomic E-state index is 10.4. The summed E-state index contributed by atoms with van der Waals surface area (Å²) >= 11 is 1.76. The highest BCUT2D eigenvalue weighted by Crippen LogP contribution is 2.50. The fourth-order valence-corrected chi connectivity index (χ4v) is 3.43. The summed E-state index contributed by atoms with van der Waals surface area (Å²) in [6.07, 6.45) is 2.98. The molecule has 1 fully saturated rings. The quantitative estimate of drug-likeness (QED) is 0.830. The molecule has 1 aliphatic rings. The Kier molecular flexibility index (Phi) is 2.88. The molecular weight excluding hydrogens is 206 g/mol. The molecule has 3 N–H and O–H groups in total. The Morgan fingerprint density at radius 2 is 2.20 bits per heavy atom. The molecule has 0 radical (unpaired) electrons. The number of rotatable bonds is 3. The van der Waals surface area contributed by atoms with Crippen molar-refractivity contribution in [3.05, 3.63) is 21.4 Å². The van der Waals surface area contributed by atoms with Crippen molar-refractivity contribution in [1.29, 1.82) is 0 Å². The van der Waals surface area contributed by atoms with Gasteiger partial charge in [0.15, 0.2) is 0 Å². The van der Waals surface area contributed by atoms with E-state index in [1.54, 1.807) is 11.3 Å². The van der Waals surface area contributed by atoms with E-state index in [1.165, 1.54) is 16.2 Å².